The van der Waals surface area contributed by atoms with Gasteiger partial charge in [-0.15, -0.1) is 11.3 Å². The quantitative estimate of drug-likeness (QED) is 0.342. The van der Waals surface area contributed by atoms with Crippen molar-refractivity contribution in [1.29, 1.82) is 0 Å². The van der Waals surface area contributed by atoms with Crippen LogP contribution in [0.25, 0.3) is 22.4 Å². The second-order valence-electron chi connectivity index (χ2n) is 12.1. The predicted molar refractivity (Wildman–Crippen MR) is 166 cm³/mol. The highest BCUT2D eigenvalue weighted by Gasteiger charge is 2.42. The maximum atomic E-state index is 14.2. The fourth-order valence-electron chi connectivity index (χ4n) is 7.22. The monoisotopic (exact) mass is 602 g/mol. The highest BCUT2D eigenvalue weighted by atomic mass is 32.1. The molecule has 2 aromatic heterocycles. The summed E-state index contributed by atoms with van der Waals surface area (Å²) in [5.74, 6) is -0.758. The average Bonchev–Trinajstić information content (AvgIpc) is 3.80. The summed E-state index contributed by atoms with van der Waals surface area (Å²) in [7, 11) is 0. The number of benzene rings is 1. The number of amides is 2. The molecule has 10 heteroatoms. The first-order valence-corrected chi connectivity index (χ1v) is 16.3. The molecule has 3 unspecified atom stereocenters. The van der Waals surface area contributed by atoms with E-state index in [1.165, 1.54) is 11.3 Å². The Bertz CT molecular complexity index is 1470. The Hall–Kier alpha value is -3.63. The summed E-state index contributed by atoms with van der Waals surface area (Å²) in [6.45, 7) is 0.973. The SMILES string of the molecule is O=C(O)CC1C(=O)N(c2nc(-c3ccccc3-c3ccc(N4CCCC4=O)nc3)cs2)CC(CO)CCC1C1CCCC1. The van der Waals surface area contributed by atoms with Crippen LogP contribution in [0, 0.1) is 23.7 Å². The molecule has 9 nitrogen and oxygen atoms in total. The van der Waals surface area contributed by atoms with Gasteiger partial charge in [-0.25, -0.2) is 9.97 Å². The third-order valence-corrected chi connectivity index (χ3v) is 10.3. The average molecular weight is 603 g/mol. The molecule has 3 fully saturated rings. The Morgan fingerprint density at radius 1 is 0.977 bits per heavy atom. The fraction of sp³-hybridized carbons (Fsp3) is 0.485. The van der Waals surface area contributed by atoms with Crippen molar-refractivity contribution in [3.8, 4) is 22.4 Å². The van der Waals surface area contributed by atoms with Gasteiger partial charge in [0.1, 0.15) is 5.82 Å². The molecule has 6 rings (SSSR count). The number of hydrogen-bond acceptors (Lipinski definition) is 7. The number of carboxylic acid groups (broad SMARTS) is 1. The molecule has 3 atom stereocenters. The van der Waals surface area contributed by atoms with Gasteiger partial charge < -0.3 is 10.2 Å². The number of hydrogen-bond donors (Lipinski definition) is 2. The van der Waals surface area contributed by atoms with Crippen LogP contribution in [0.3, 0.4) is 0 Å². The molecular weight excluding hydrogens is 564 g/mol. The van der Waals surface area contributed by atoms with Gasteiger partial charge in [0.2, 0.25) is 11.8 Å². The number of nitrogens with zero attached hydrogens (tertiary/aromatic N) is 4. The lowest BCUT2D eigenvalue weighted by atomic mass is 9.73. The number of carbonyl (C=O) groups excluding carboxylic acids is 2. The topological polar surface area (TPSA) is 124 Å². The summed E-state index contributed by atoms with van der Waals surface area (Å²) >= 11 is 1.37. The lowest BCUT2D eigenvalue weighted by molar-refractivity contribution is -0.142. The Morgan fingerprint density at radius 3 is 2.44 bits per heavy atom. The van der Waals surface area contributed by atoms with E-state index in [2.05, 4.69) is 4.98 Å². The number of aliphatic hydroxyl groups excluding tert-OH is 1. The molecular formula is C33H38N4O5S. The Labute approximate surface area is 255 Å². The standard InChI is InChI=1S/C33H38N4O5S/c38-19-21-11-13-25(22-6-1-2-7-22)27(16-31(40)41)32(42)37(18-21)33-35-28(20-43-33)26-9-4-3-8-24(26)23-12-14-29(34-17-23)36-15-5-10-30(36)39/h3-4,8-9,12,14,17,20-22,25,27,38H,1-2,5-7,10-11,13,15-16,18-19H2,(H,40,41). The van der Waals surface area contributed by atoms with Crippen molar-refractivity contribution in [1.82, 2.24) is 9.97 Å². The van der Waals surface area contributed by atoms with Gasteiger partial charge in [0.05, 0.1) is 18.0 Å². The summed E-state index contributed by atoms with van der Waals surface area (Å²) in [5.41, 5.74) is 3.43. The van der Waals surface area contributed by atoms with E-state index in [-0.39, 0.29) is 36.7 Å². The summed E-state index contributed by atoms with van der Waals surface area (Å²) in [6, 6.07) is 11.7. The lowest BCUT2D eigenvalue weighted by Gasteiger charge is -2.38. The van der Waals surface area contributed by atoms with Crippen LogP contribution in [0.15, 0.2) is 48.0 Å². The number of aliphatic carboxylic acids is 1. The summed E-state index contributed by atoms with van der Waals surface area (Å²) < 4.78 is 0. The Kier molecular flexibility index (Phi) is 8.85. The van der Waals surface area contributed by atoms with Crippen LogP contribution in [0.5, 0.6) is 0 Å². The molecule has 226 valence electrons. The number of pyridine rings is 1. The van der Waals surface area contributed by atoms with E-state index >= 15 is 0 Å². The van der Waals surface area contributed by atoms with E-state index in [0.717, 1.165) is 61.6 Å². The molecule has 3 aromatic rings. The van der Waals surface area contributed by atoms with Crippen molar-refractivity contribution in [2.24, 2.45) is 23.7 Å². The van der Waals surface area contributed by atoms with Crippen molar-refractivity contribution in [2.45, 2.75) is 57.8 Å². The van der Waals surface area contributed by atoms with E-state index in [0.29, 0.717) is 42.1 Å². The first kappa shape index (κ1) is 29.4. The van der Waals surface area contributed by atoms with E-state index in [9.17, 15) is 24.6 Å². The zero-order valence-electron chi connectivity index (χ0n) is 24.2. The van der Waals surface area contributed by atoms with Crippen LogP contribution in [0.4, 0.5) is 10.9 Å². The van der Waals surface area contributed by atoms with Gasteiger partial charge in [0, 0.05) is 54.7 Å². The third-order valence-electron chi connectivity index (χ3n) is 9.44. The van der Waals surface area contributed by atoms with Crippen LogP contribution >= 0.6 is 11.3 Å². The summed E-state index contributed by atoms with van der Waals surface area (Å²) in [6.07, 6.45) is 8.79. The summed E-state index contributed by atoms with van der Waals surface area (Å²) in [4.78, 5) is 51.2. The van der Waals surface area contributed by atoms with Crippen molar-refractivity contribution in [3.05, 3.63) is 48.0 Å². The molecule has 1 aliphatic carbocycles. The minimum absolute atomic E-state index is 0.00515. The van der Waals surface area contributed by atoms with Crippen LogP contribution in [-0.4, -0.2) is 57.7 Å². The van der Waals surface area contributed by atoms with Gasteiger partial charge in [0.25, 0.3) is 0 Å². The second kappa shape index (κ2) is 12.9. The lowest BCUT2D eigenvalue weighted by Crippen LogP contribution is -2.46. The van der Waals surface area contributed by atoms with Crippen LogP contribution in [0.1, 0.15) is 57.8 Å². The number of anilines is 2. The molecule has 2 saturated heterocycles. The molecule has 3 aliphatic rings. The molecule has 0 bridgehead atoms. The molecule has 2 aliphatic heterocycles. The molecule has 1 aromatic carbocycles. The number of rotatable bonds is 8. The molecule has 0 spiro atoms. The number of carbonyl (C=O) groups is 3. The molecule has 2 N–H and O–H groups in total. The van der Waals surface area contributed by atoms with Crippen molar-refractivity contribution in [2.75, 3.05) is 29.5 Å². The van der Waals surface area contributed by atoms with Gasteiger partial charge in [-0.3, -0.25) is 24.2 Å². The second-order valence-corrected chi connectivity index (χ2v) is 12.9. The predicted octanol–water partition coefficient (Wildman–Crippen LogP) is 5.63. The molecule has 0 radical (unpaired) electrons. The fourth-order valence-corrected chi connectivity index (χ4v) is 8.06. The maximum absolute atomic E-state index is 14.2. The van der Waals surface area contributed by atoms with Crippen molar-refractivity contribution < 1.29 is 24.6 Å². The smallest absolute Gasteiger partial charge is 0.304 e. The Morgan fingerprint density at radius 2 is 1.77 bits per heavy atom. The largest absolute Gasteiger partial charge is 0.481 e. The number of carboxylic acids is 1. The normalized spacial score (nSPS) is 23.5. The minimum Gasteiger partial charge on any atom is -0.481 e. The van der Waals surface area contributed by atoms with Gasteiger partial charge in [-0.1, -0.05) is 49.9 Å². The van der Waals surface area contributed by atoms with Crippen LogP contribution in [-0.2, 0) is 14.4 Å². The highest BCUT2D eigenvalue weighted by Crippen LogP contribution is 2.43. The van der Waals surface area contributed by atoms with E-state index in [1.807, 2.05) is 41.8 Å². The van der Waals surface area contributed by atoms with Crippen molar-refractivity contribution >= 4 is 40.1 Å². The first-order valence-electron chi connectivity index (χ1n) is 15.4. The minimum atomic E-state index is -0.956. The van der Waals surface area contributed by atoms with Gasteiger partial charge in [-0.2, -0.15) is 0 Å². The number of thiazole rings is 1. The molecule has 1 saturated carbocycles. The van der Waals surface area contributed by atoms with Crippen LogP contribution in [0.2, 0.25) is 0 Å². The van der Waals surface area contributed by atoms with E-state index in [4.69, 9.17) is 4.98 Å². The highest BCUT2D eigenvalue weighted by molar-refractivity contribution is 7.14. The zero-order valence-corrected chi connectivity index (χ0v) is 25.0. The number of aliphatic hydroxyl groups is 1. The number of aromatic nitrogens is 2. The molecule has 4 heterocycles. The van der Waals surface area contributed by atoms with Gasteiger partial charge >= 0.3 is 5.97 Å². The first-order chi connectivity index (χ1) is 20.9. The van der Waals surface area contributed by atoms with Gasteiger partial charge in [-0.05, 0) is 48.8 Å². The Balaban J connectivity index is 1.31. The van der Waals surface area contributed by atoms with E-state index in [1.54, 1.807) is 16.0 Å². The zero-order chi connectivity index (χ0) is 29.9. The van der Waals surface area contributed by atoms with E-state index < -0.39 is 11.9 Å². The summed E-state index contributed by atoms with van der Waals surface area (Å²) in [5, 5.41) is 22.4. The molecule has 43 heavy (non-hydrogen) atoms. The third kappa shape index (κ3) is 6.21. The maximum Gasteiger partial charge on any atom is 0.304 e. The van der Waals surface area contributed by atoms with Gasteiger partial charge in [0.15, 0.2) is 5.13 Å². The molecule has 2 amide bonds. The van der Waals surface area contributed by atoms with Crippen LogP contribution < -0.4 is 9.80 Å². The van der Waals surface area contributed by atoms with Crippen molar-refractivity contribution in [3.63, 3.8) is 0 Å².